The summed E-state index contributed by atoms with van der Waals surface area (Å²) in [4.78, 5) is 3.64. The topological polar surface area (TPSA) is 20.7 Å². The van der Waals surface area contributed by atoms with E-state index in [1.165, 1.54) is 58.2 Å². The van der Waals surface area contributed by atoms with Gasteiger partial charge in [-0.3, -0.25) is 0 Å². The van der Waals surface area contributed by atoms with Crippen molar-refractivity contribution in [3.8, 4) is 0 Å². The van der Waals surface area contributed by atoms with Crippen LogP contribution in [0.15, 0.2) is 24.3 Å². The Morgan fingerprint density at radius 1 is 1.15 bits per heavy atom. The molecule has 0 fully saturated rings. The summed E-state index contributed by atoms with van der Waals surface area (Å²) in [6.07, 6.45) is 9.63. The van der Waals surface area contributed by atoms with Crippen molar-refractivity contribution in [2.75, 3.05) is 0 Å². The second-order valence-corrected chi connectivity index (χ2v) is 5.68. The molecule has 1 N–H and O–H groups in total. The van der Waals surface area contributed by atoms with Crippen molar-refractivity contribution in [1.82, 2.24) is 9.55 Å². The fraction of sp³-hybridized carbons (Fsp3) is 0.333. The fourth-order valence-corrected chi connectivity index (χ4v) is 3.42. The third-order valence-electron chi connectivity index (χ3n) is 4.38. The largest absolute Gasteiger partial charge is 0.341 e. The van der Waals surface area contributed by atoms with Crippen molar-refractivity contribution in [3.63, 3.8) is 0 Å². The molecule has 2 heterocycles. The van der Waals surface area contributed by atoms with Crippen LogP contribution >= 0.6 is 0 Å². The number of fused-ring (bicyclic) bond motifs is 5. The van der Waals surface area contributed by atoms with Gasteiger partial charge in [-0.1, -0.05) is 43.7 Å². The predicted molar refractivity (Wildman–Crippen MR) is 86.1 cm³/mol. The zero-order valence-corrected chi connectivity index (χ0v) is 11.9. The number of benzene rings is 1. The fourth-order valence-electron chi connectivity index (χ4n) is 3.42. The normalized spacial score (nSPS) is 14.2. The van der Waals surface area contributed by atoms with E-state index in [9.17, 15) is 0 Å². The number of H-pyrrole nitrogens is 1. The van der Waals surface area contributed by atoms with Crippen molar-refractivity contribution in [1.29, 1.82) is 0 Å². The Labute approximate surface area is 118 Å². The first-order valence-electron chi connectivity index (χ1n) is 7.69. The molecule has 2 heteroatoms. The maximum Gasteiger partial charge on any atom is 0.119 e. The molecule has 1 aliphatic carbocycles. The maximum atomic E-state index is 3.64. The molecular weight excluding hydrogens is 244 g/mol. The molecule has 0 unspecified atom stereocenters. The van der Waals surface area contributed by atoms with Crippen LogP contribution in [0.25, 0.3) is 34.1 Å². The summed E-state index contributed by atoms with van der Waals surface area (Å²) in [5.41, 5.74) is 2.56. The first-order valence-corrected chi connectivity index (χ1v) is 7.69. The van der Waals surface area contributed by atoms with Crippen LogP contribution in [0.2, 0.25) is 0 Å². The van der Waals surface area contributed by atoms with E-state index in [1.54, 1.807) is 0 Å². The van der Waals surface area contributed by atoms with Gasteiger partial charge >= 0.3 is 0 Å². The Hall–Kier alpha value is -1.96. The number of unbranched alkanes of at least 4 members (excludes halogenated alkanes) is 1. The zero-order valence-electron chi connectivity index (χ0n) is 11.9. The summed E-state index contributed by atoms with van der Waals surface area (Å²) in [5, 5.41) is 5.65. The van der Waals surface area contributed by atoms with E-state index in [2.05, 4.69) is 52.9 Å². The Kier molecular flexibility index (Phi) is 2.69. The van der Waals surface area contributed by atoms with Crippen LogP contribution in [0.3, 0.4) is 0 Å². The maximum absolute atomic E-state index is 3.64. The number of hydrogen-bond acceptors (Lipinski definition) is 0. The van der Waals surface area contributed by atoms with Crippen LogP contribution in [0.4, 0.5) is 0 Å². The lowest BCUT2D eigenvalue weighted by Gasteiger charge is -2.05. The van der Waals surface area contributed by atoms with Crippen LogP contribution in [-0.4, -0.2) is 9.55 Å². The van der Waals surface area contributed by atoms with Crippen molar-refractivity contribution in [2.45, 2.75) is 39.2 Å². The van der Waals surface area contributed by atoms with Gasteiger partial charge < -0.3 is 9.55 Å². The molecule has 0 saturated heterocycles. The molecular formula is C18H20N2. The van der Waals surface area contributed by atoms with Gasteiger partial charge in [0.2, 0.25) is 0 Å². The van der Waals surface area contributed by atoms with Crippen LogP contribution < -0.4 is 10.6 Å². The van der Waals surface area contributed by atoms with Crippen molar-refractivity contribution >= 4 is 34.1 Å². The van der Waals surface area contributed by atoms with E-state index >= 15 is 0 Å². The number of hydrogen-bond donors (Lipinski definition) is 1. The molecule has 20 heavy (non-hydrogen) atoms. The van der Waals surface area contributed by atoms with Crippen molar-refractivity contribution in [3.05, 3.63) is 34.8 Å². The number of rotatable bonds is 3. The molecule has 4 rings (SSSR count). The monoisotopic (exact) mass is 264 g/mol. The average Bonchev–Trinajstić information content (AvgIpc) is 3.00. The van der Waals surface area contributed by atoms with Crippen molar-refractivity contribution in [2.24, 2.45) is 0 Å². The van der Waals surface area contributed by atoms with Gasteiger partial charge in [0, 0.05) is 33.4 Å². The van der Waals surface area contributed by atoms with E-state index in [-0.39, 0.29) is 0 Å². The highest BCUT2D eigenvalue weighted by molar-refractivity contribution is 6.07. The minimum absolute atomic E-state index is 1.11. The number of nitrogens with zero attached hydrogens (tertiary/aromatic N) is 1. The summed E-state index contributed by atoms with van der Waals surface area (Å²) in [7, 11) is 0. The second-order valence-electron chi connectivity index (χ2n) is 5.68. The summed E-state index contributed by atoms with van der Waals surface area (Å²) in [5.74, 6) is 0. The van der Waals surface area contributed by atoms with Gasteiger partial charge in [0.1, 0.15) is 5.65 Å². The van der Waals surface area contributed by atoms with E-state index in [0.717, 1.165) is 6.54 Å². The number of aromatic nitrogens is 2. The summed E-state index contributed by atoms with van der Waals surface area (Å²) in [6.45, 7) is 3.37. The highest BCUT2D eigenvalue weighted by atomic mass is 15.0. The van der Waals surface area contributed by atoms with Gasteiger partial charge in [-0.15, -0.1) is 0 Å². The lowest BCUT2D eigenvalue weighted by molar-refractivity contribution is 0.632. The summed E-state index contributed by atoms with van der Waals surface area (Å²) in [6, 6.07) is 8.66. The van der Waals surface area contributed by atoms with Gasteiger partial charge in [0.15, 0.2) is 0 Å². The third-order valence-corrected chi connectivity index (χ3v) is 4.38. The Bertz CT molecular complexity index is 893. The molecule has 0 atom stereocenters. The van der Waals surface area contributed by atoms with E-state index in [0.29, 0.717) is 0 Å². The Morgan fingerprint density at radius 2 is 2.00 bits per heavy atom. The first-order chi connectivity index (χ1) is 9.90. The van der Waals surface area contributed by atoms with Gasteiger partial charge in [0.25, 0.3) is 0 Å². The number of aromatic amines is 1. The van der Waals surface area contributed by atoms with E-state index in [1.807, 2.05) is 0 Å². The predicted octanol–water partition coefficient (Wildman–Crippen LogP) is 3.28. The molecule has 3 aromatic rings. The average molecular weight is 264 g/mol. The molecule has 1 aromatic carbocycles. The third kappa shape index (κ3) is 1.57. The number of para-hydroxylation sites is 1. The second kappa shape index (κ2) is 4.55. The van der Waals surface area contributed by atoms with Crippen LogP contribution in [0, 0.1) is 0 Å². The molecule has 0 bridgehead atoms. The molecule has 0 amide bonds. The van der Waals surface area contributed by atoms with Gasteiger partial charge in [-0.05, 0) is 25.3 Å². The molecule has 1 aliphatic rings. The van der Waals surface area contributed by atoms with Crippen molar-refractivity contribution < 1.29 is 0 Å². The van der Waals surface area contributed by atoms with Gasteiger partial charge in [-0.25, -0.2) is 0 Å². The standard InChI is InChI=1S/C18H20N2/c1-2-3-12-20-16-11-7-5-9-14(16)17-13-8-4-6-10-15(13)19-18(17)20/h4,6,8-11,19H,2-3,5,7,12H2,1H3. The molecule has 0 saturated carbocycles. The van der Waals surface area contributed by atoms with E-state index < -0.39 is 0 Å². The number of aryl methyl sites for hydroxylation is 1. The van der Waals surface area contributed by atoms with Gasteiger partial charge in [0.05, 0.1) is 0 Å². The minimum Gasteiger partial charge on any atom is -0.341 e. The smallest absolute Gasteiger partial charge is 0.119 e. The molecule has 102 valence electrons. The lowest BCUT2D eigenvalue weighted by atomic mass is 10.1. The Morgan fingerprint density at radius 3 is 2.90 bits per heavy atom. The minimum atomic E-state index is 1.11. The number of nitrogens with one attached hydrogen (secondary N) is 1. The Balaban J connectivity index is 2.15. The highest BCUT2D eigenvalue weighted by Crippen LogP contribution is 2.22. The molecule has 0 aliphatic heterocycles. The van der Waals surface area contributed by atoms with Gasteiger partial charge in [-0.2, -0.15) is 0 Å². The highest BCUT2D eigenvalue weighted by Gasteiger charge is 2.14. The van der Waals surface area contributed by atoms with Crippen LogP contribution in [0.1, 0.15) is 32.6 Å². The SMILES string of the molecule is CCCCn1c2c(c3c4ccccc4[nH]c31)=CCCC=2. The zero-order chi connectivity index (χ0) is 13.5. The van der Waals surface area contributed by atoms with Crippen LogP contribution in [-0.2, 0) is 6.54 Å². The van der Waals surface area contributed by atoms with Crippen LogP contribution in [0.5, 0.6) is 0 Å². The molecule has 0 radical (unpaired) electrons. The molecule has 2 nitrogen and oxygen atoms in total. The van der Waals surface area contributed by atoms with E-state index in [4.69, 9.17) is 0 Å². The molecule has 0 spiro atoms. The molecule has 2 aromatic heterocycles. The summed E-state index contributed by atoms with van der Waals surface area (Å²) < 4.78 is 2.49. The quantitative estimate of drug-likeness (QED) is 0.749. The first kappa shape index (κ1) is 11.8. The summed E-state index contributed by atoms with van der Waals surface area (Å²) >= 11 is 0. The lowest BCUT2D eigenvalue weighted by Crippen LogP contribution is -2.31.